The first-order chi connectivity index (χ1) is 10.7. The first kappa shape index (κ1) is 15.2. The highest BCUT2D eigenvalue weighted by molar-refractivity contribution is 7.18. The fourth-order valence-electron chi connectivity index (χ4n) is 2.59. The van der Waals surface area contributed by atoms with Crippen molar-refractivity contribution in [2.45, 2.75) is 19.1 Å². The summed E-state index contributed by atoms with van der Waals surface area (Å²) >= 11 is 1.72. The van der Waals surface area contributed by atoms with Crippen LogP contribution >= 0.6 is 11.3 Å². The van der Waals surface area contributed by atoms with Crippen molar-refractivity contribution in [1.29, 1.82) is 0 Å². The number of nitrogens with zero attached hydrogens (tertiary/aromatic N) is 2. The Balaban J connectivity index is 1.56. The van der Waals surface area contributed by atoms with Crippen LogP contribution in [-0.2, 0) is 13.0 Å². The highest BCUT2D eigenvalue weighted by atomic mass is 32.1. The van der Waals surface area contributed by atoms with Gasteiger partial charge in [-0.05, 0) is 31.2 Å². The quantitative estimate of drug-likeness (QED) is 0.758. The molecule has 3 nitrogen and oxygen atoms in total. The number of para-hydroxylation sites is 1. The molecule has 0 saturated carbocycles. The van der Waals surface area contributed by atoms with Gasteiger partial charge in [-0.2, -0.15) is 0 Å². The third-order valence-corrected chi connectivity index (χ3v) is 4.60. The third kappa shape index (κ3) is 3.91. The Morgan fingerprint density at radius 3 is 2.59 bits per heavy atom. The van der Waals surface area contributed by atoms with E-state index in [1.54, 1.807) is 11.3 Å². The summed E-state index contributed by atoms with van der Waals surface area (Å²) in [6.45, 7) is 1.41. The Bertz CT molecular complexity index is 693. The van der Waals surface area contributed by atoms with Gasteiger partial charge in [0, 0.05) is 6.54 Å². The summed E-state index contributed by atoms with van der Waals surface area (Å²) in [6, 6.07) is 18.3. The Labute approximate surface area is 134 Å². The van der Waals surface area contributed by atoms with Gasteiger partial charge in [-0.1, -0.05) is 42.5 Å². The molecule has 1 aromatic heterocycles. The Morgan fingerprint density at radius 2 is 1.82 bits per heavy atom. The van der Waals surface area contributed by atoms with Gasteiger partial charge in [0.15, 0.2) is 0 Å². The van der Waals surface area contributed by atoms with Crippen LogP contribution in [0.3, 0.4) is 0 Å². The number of hydrogen-bond donors (Lipinski definition) is 1. The van der Waals surface area contributed by atoms with Crippen molar-refractivity contribution in [2.75, 3.05) is 13.6 Å². The van der Waals surface area contributed by atoms with E-state index < -0.39 is 0 Å². The van der Waals surface area contributed by atoms with Crippen LogP contribution in [0.4, 0.5) is 0 Å². The molecule has 1 N–H and O–H groups in total. The summed E-state index contributed by atoms with van der Waals surface area (Å²) in [4.78, 5) is 6.77. The molecule has 1 unspecified atom stereocenters. The summed E-state index contributed by atoms with van der Waals surface area (Å²) in [5, 5.41) is 11.3. The zero-order chi connectivity index (χ0) is 15.4. The number of thiazole rings is 1. The fourth-order valence-corrected chi connectivity index (χ4v) is 3.64. The molecule has 3 aromatic rings. The van der Waals surface area contributed by atoms with Crippen LogP contribution in [0.2, 0.25) is 0 Å². The van der Waals surface area contributed by atoms with E-state index >= 15 is 0 Å². The van der Waals surface area contributed by atoms with Crippen LogP contribution in [0.15, 0.2) is 54.6 Å². The van der Waals surface area contributed by atoms with Crippen LogP contribution in [0.1, 0.15) is 10.6 Å². The Hall–Kier alpha value is -1.75. The number of aromatic nitrogens is 1. The van der Waals surface area contributed by atoms with Gasteiger partial charge in [-0.25, -0.2) is 4.98 Å². The Morgan fingerprint density at radius 1 is 1.09 bits per heavy atom. The molecular formula is C18H20N2OS. The molecule has 0 aliphatic carbocycles. The SMILES string of the molecule is CN(Cc1nc2ccccc2s1)CC(O)Cc1ccccc1. The lowest BCUT2D eigenvalue weighted by atomic mass is 10.1. The zero-order valence-electron chi connectivity index (χ0n) is 12.6. The van der Waals surface area contributed by atoms with E-state index in [1.807, 2.05) is 43.4 Å². The fraction of sp³-hybridized carbons (Fsp3) is 0.278. The lowest BCUT2D eigenvalue weighted by Gasteiger charge is -2.19. The third-order valence-electron chi connectivity index (χ3n) is 3.58. The summed E-state index contributed by atoms with van der Waals surface area (Å²) < 4.78 is 1.22. The van der Waals surface area contributed by atoms with Crippen LogP contribution in [0.5, 0.6) is 0 Å². The Kier molecular flexibility index (Phi) is 4.83. The molecule has 1 heterocycles. The van der Waals surface area contributed by atoms with Crippen LogP contribution in [0, 0.1) is 0 Å². The van der Waals surface area contributed by atoms with E-state index in [0.29, 0.717) is 13.0 Å². The van der Waals surface area contributed by atoms with Crippen molar-refractivity contribution < 1.29 is 5.11 Å². The molecule has 114 valence electrons. The van der Waals surface area contributed by atoms with Gasteiger partial charge in [0.05, 0.1) is 22.9 Å². The molecule has 0 bridgehead atoms. The van der Waals surface area contributed by atoms with Gasteiger partial charge in [0.1, 0.15) is 5.01 Å². The first-order valence-corrected chi connectivity index (χ1v) is 8.27. The van der Waals surface area contributed by atoms with Crippen molar-refractivity contribution in [3.63, 3.8) is 0 Å². The minimum atomic E-state index is -0.359. The van der Waals surface area contributed by atoms with Gasteiger partial charge in [-0.15, -0.1) is 11.3 Å². The number of aliphatic hydroxyl groups is 1. The molecule has 0 spiro atoms. The van der Waals surface area contributed by atoms with Crippen LogP contribution in [0.25, 0.3) is 10.2 Å². The van der Waals surface area contributed by atoms with Crippen LogP contribution < -0.4 is 0 Å². The predicted molar refractivity (Wildman–Crippen MR) is 92.1 cm³/mol. The van der Waals surface area contributed by atoms with E-state index in [4.69, 9.17) is 0 Å². The molecule has 0 fully saturated rings. The maximum absolute atomic E-state index is 10.2. The van der Waals surface area contributed by atoms with E-state index in [1.165, 1.54) is 10.3 Å². The summed E-state index contributed by atoms with van der Waals surface area (Å²) in [5.41, 5.74) is 2.23. The molecule has 0 saturated heterocycles. The van der Waals surface area contributed by atoms with Crippen LogP contribution in [-0.4, -0.2) is 34.7 Å². The molecule has 0 aliphatic heterocycles. The van der Waals surface area contributed by atoms with Crippen molar-refractivity contribution in [3.8, 4) is 0 Å². The number of rotatable bonds is 6. The van der Waals surface area contributed by atoms with Gasteiger partial charge < -0.3 is 5.11 Å². The van der Waals surface area contributed by atoms with Crippen molar-refractivity contribution in [1.82, 2.24) is 9.88 Å². The van der Waals surface area contributed by atoms with Crippen molar-refractivity contribution in [2.24, 2.45) is 0 Å². The summed E-state index contributed by atoms with van der Waals surface area (Å²) in [5.74, 6) is 0. The minimum absolute atomic E-state index is 0.359. The topological polar surface area (TPSA) is 36.4 Å². The highest BCUT2D eigenvalue weighted by Crippen LogP contribution is 2.22. The number of benzene rings is 2. The largest absolute Gasteiger partial charge is 0.391 e. The molecule has 0 radical (unpaired) electrons. The average molecular weight is 312 g/mol. The normalized spacial score (nSPS) is 12.9. The van der Waals surface area contributed by atoms with E-state index in [9.17, 15) is 5.11 Å². The average Bonchev–Trinajstić information content (AvgIpc) is 2.89. The number of likely N-dealkylation sites (N-methyl/N-ethyl adjacent to an activating group) is 1. The molecular weight excluding hydrogens is 292 g/mol. The second kappa shape index (κ2) is 7.01. The lowest BCUT2D eigenvalue weighted by molar-refractivity contribution is 0.123. The predicted octanol–water partition coefficient (Wildman–Crippen LogP) is 3.33. The van der Waals surface area contributed by atoms with Crippen molar-refractivity contribution in [3.05, 3.63) is 65.2 Å². The van der Waals surface area contributed by atoms with E-state index in [-0.39, 0.29) is 6.10 Å². The summed E-state index contributed by atoms with van der Waals surface area (Å²) in [6.07, 6.45) is 0.326. The second-order valence-corrected chi connectivity index (χ2v) is 6.73. The highest BCUT2D eigenvalue weighted by Gasteiger charge is 2.11. The molecule has 0 amide bonds. The molecule has 1 atom stereocenters. The van der Waals surface area contributed by atoms with Gasteiger partial charge in [0.2, 0.25) is 0 Å². The summed E-state index contributed by atoms with van der Waals surface area (Å²) in [7, 11) is 2.03. The van der Waals surface area contributed by atoms with E-state index in [0.717, 1.165) is 17.1 Å². The van der Waals surface area contributed by atoms with Crippen molar-refractivity contribution >= 4 is 21.6 Å². The molecule has 0 aliphatic rings. The lowest BCUT2D eigenvalue weighted by Crippen LogP contribution is -2.30. The second-order valence-electron chi connectivity index (χ2n) is 5.62. The van der Waals surface area contributed by atoms with E-state index in [2.05, 4.69) is 28.1 Å². The maximum Gasteiger partial charge on any atom is 0.108 e. The van der Waals surface area contributed by atoms with Gasteiger partial charge >= 0.3 is 0 Å². The molecule has 4 heteroatoms. The zero-order valence-corrected chi connectivity index (χ0v) is 13.5. The molecule has 22 heavy (non-hydrogen) atoms. The number of hydrogen-bond acceptors (Lipinski definition) is 4. The first-order valence-electron chi connectivity index (χ1n) is 7.45. The molecule has 3 rings (SSSR count). The smallest absolute Gasteiger partial charge is 0.108 e. The number of aliphatic hydroxyl groups excluding tert-OH is 1. The number of fused-ring (bicyclic) bond motifs is 1. The monoisotopic (exact) mass is 312 g/mol. The minimum Gasteiger partial charge on any atom is -0.391 e. The standard InChI is InChI=1S/C18H20N2OS/c1-20(12-15(21)11-14-7-3-2-4-8-14)13-18-19-16-9-5-6-10-17(16)22-18/h2-10,15,21H,11-13H2,1H3. The van der Waals surface area contributed by atoms with Gasteiger partial charge in [0.25, 0.3) is 0 Å². The molecule has 2 aromatic carbocycles. The maximum atomic E-state index is 10.2. The van der Waals surface area contributed by atoms with Gasteiger partial charge in [-0.3, -0.25) is 4.90 Å².